The van der Waals surface area contributed by atoms with Crippen molar-refractivity contribution in [2.45, 2.75) is 33.9 Å². The van der Waals surface area contributed by atoms with Crippen molar-refractivity contribution in [3.8, 4) is 6.19 Å². The summed E-state index contributed by atoms with van der Waals surface area (Å²) in [7, 11) is 0. The highest BCUT2D eigenvalue weighted by Crippen LogP contribution is 2.21. The number of carbonyl (C=O) groups is 1. The first-order chi connectivity index (χ1) is 12.8. The average Bonchev–Trinajstić information content (AvgIpc) is 2.62. The number of rotatable bonds is 4. The first-order valence-electron chi connectivity index (χ1n) is 8.57. The molecule has 0 bridgehead atoms. The normalized spacial score (nSPS) is 12.6. The lowest BCUT2D eigenvalue weighted by Gasteiger charge is -2.29. The lowest BCUT2D eigenvalue weighted by atomic mass is 9.92. The van der Waals surface area contributed by atoms with Crippen molar-refractivity contribution >= 4 is 17.6 Å². The van der Waals surface area contributed by atoms with Crippen molar-refractivity contribution in [3.05, 3.63) is 59.9 Å². The average molecular weight is 364 g/mol. The van der Waals surface area contributed by atoms with Crippen LogP contribution in [0.25, 0.3) is 0 Å². The molecule has 140 valence electrons. The van der Waals surface area contributed by atoms with E-state index in [1.807, 2.05) is 46.0 Å². The number of nitrogens with one attached hydrogen (secondary N) is 3. The van der Waals surface area contributed by atoms with Crippen LogP contribution in [0.15, 0.2) is 53.8 Å². The molecular weight excluding hydrogens is 340 g/mol. The third kappa shape index (κ3) is 6.12. The predicted octanol–water partition coefficient (Wildman–Crippen LogP) is 3.03. The third-order valence-electron chi connectivity index (χ3n) is 3.76. The number of nitrogens with zero attached hydrogens (tertiary/aromatic N) is 3. The van der Waals surface area contributed by atoms with Crippen molar-refractivity contribution in [3.63, 3.8) is 0 Å². The van der Waals surface area contributed by atoms with Crippen LogP contribution in [0.1, 0.15) is 36.7 Å². The molecule has 3 N–H and O–H groups in total. The predicted molar refractivity (Wildman–Crippen MR) is 106 cm³/mol. The first kappa shape index (κ1) is 19.9. The van der Waals surface area contributed by atoms with Gasteiger partial charge in [0.2, 0.25) is 5.96 Å². The Kier molecular flexibility index (Phi) is 6.50. The fourth-order valence-corrected chi connectivity index (χ4v) is 2.21. The van der Waals surface area contributed by atoms with Gasteiger partial charge in [0, 0.05) is 17.2 Å². The van der Waals surface area contributed by atoms with Gasteiger partial charge in [0.25, 0.3) is 5.91 Å². The van der Waals surface area contributed by atoms with Gasteiger partial charge in [-0.05, 0) is 31.2 Å². The number of pyridine rings is 1. The Hall–Kier alpha value is -3.40. The summed E-state index contributed by atoms with van der Waals surface area (Å²) in [6.45, 7) is 7.86. The van der Waals surface area contributed by atoms with Crippen LogP contribution >= 0.6 is 0 Å². The van der Waals surface area contributed by atoms with Crippen molar-refractivity contribution in [1.29, 1.82) is 5.26 Å². The van der Waals surface area contributed by atoms with E-state index in [2.05, 4.69) is 25.9 Å². The van der Waals surface area contributed by atoms with Crippen molar-refractivity contribution < 1.29 is 4.79 Å². The zero-order valence-corrected chi connectivity index (χ0v) is 15.9. The molecule has 0 aliphatic rings. The number of nitriles is 1. The van der Waals surface area contributed by atoms with Gasteiger partial charge in [-0.2, -0.15) is 5.26 Å². The molecule has 0 radical (unpaired) electrons. The Balaban J connectivity index is 2.25. The van der Waals surface area contributed by atoms with Crippen LogP contribution in [-0.4, -0.2) is 23.0 Å². The van der Waals surface area contributed by atoms with Crippen LogP contribution in [0.3, 0.4) is 0 Å². The number of hydrogen-bond donors (Lipinski definition) is 3. The van der Waals surface area contributed by atoms with E-state index in [1.165, 1.54) is 0 Å². The largest absolute Gasteiger partial charge is 0.330 e. The fourth-order valence-electron chi connectivity index (χ4n) is 2.21. The van der Waals surface area contributed by atoms with E-state index in [9.17, 15) is 4.79 Å². The maximum atomic E-state index is 12.6. The third-order valence-corrected chi connectivity index (χ3v) is 3.76. The molecule has 1 aromatic carbocycles. The summed E-state index contributed by atoms with van der Waals surface area (Å²) in [4.78, 5) is 21.2. The molecule has 0 unspecified atom stereocenters. The topological polar surface area (TPSA) is 102 Å². The molecule has 27 heavy (non-hydrogen) atoms. The number of aryl methyl sites for hydroxylation is 1. The molecule has 0 aliphatic carbocycles. The fraction of sp³-hybridized carbons (Fsp3) is 0.300. The van der Waals surface area contributed by atoms with E-state index in [0.717, 1.165) is 5.56 Å². The van der Waals surface area contributed by atoms with Gasteiger partial charge in [-0.25, -0.2) is 4.99 Å². The summed E-state index contributed by atoms with van der Waals surface area (Å²) in [5, 5.41) is 17.5. The summed E-state index contributed by atoms with van der Waals surface area (Å²) in [5.74, 6) is 0.00555. The van der Waals surface area contributed by atoms with Gasteiger partial charge < -0.3 is 10.6 Å². The number of hydrogen-bond acceptors (Lipinski definition) is 4. The molecule has 0 saturated heterocycles. The Morgan fingerprint density at radius 1 is 1.22 bits per heavy atom. The van der Waals surface area contributed by atoms with E-state index in [1.54, 1.807) is 36.7 Å². The summed E-state index contributed by atoms with van der Waals surface area (Å²) in [5.41, 5.74) is 1.94. The number of benzene rings is 1. The molecule has 1 aromatic heterocycles. The number of anilines is 1. The van der Waals surface area contributed by atoms with Crippen molar-refractivity contribution in [2.24, 2.45) is 10.4 Å². The second kappa shape index (κ2) is 8.81. The lowest BCUT2D eigenvalue weighted by Crippen LogP contribution is -2.44. The van der Waals surface area contributed by atoms with E-state index >= 15 is 0 Å². The Morgan fingerprint density at radius 3 is 2.48 bits per heavy atom. The monoisotopic (exact) mass is 364 g/mol. The Morgan fingerprint density at radius 2 is 1.93 bits per heavy atom. The summed E-state index contributed by atoms with van der Waals surface area (Å²) < 4.78 is 0. The first-order valence-corrected chi connectivity index (χ1v) is 8.57. The van der Waals surface area contributed by atoms with Gasteiger partial charge in [0.15, 0.2) is 6.19 Å². The minimum atomic E-state index is -0.564. The van der Waals surface area contributed by atoms with Crippen LogP contribution in [0.2, 0.25) is 0 Å². The molecule has 1 atom stereocenters. The summed E-state index contributed by atoms with van der Waals surface area (Å²) in [6.07, 6.45) is 4.56. The molecule has 7 heteroatoms. The minimum Gasteiger partial charge on any atom is -0.330 e. The van der Waals surface area contributed by atoms with Crippen molar-refractivity contribution in [1.82, 2.24) is 15.6 Å². The number of aliphatic imine (C=N–C) groups is 1. The highest BCUT2D eigenvalue weighted by Gasteiger charge is 2.27. The molecule has 2 rings (SSSR count). The van der Waals surface area contributed by atoms with E-state index < -0.39 is 6.17 Å². The second-order valence-electron chi connectivity index (χ2n) is 7.19. The van der Waals surface area contributed by atoms with Crippen LogP contribution < -0.4 is 16.0 Å². The molecule has 0 fully saturated rings. The highest BCUT2D eigenvalue weighted by atomic mass is 16.1. The quantitative estimate of drug-likeness (QED) is 0.335. The minimum absolute atomic E-state index is 0.226. The van der Waals surface area contributed by atoms with Gasteiger partial charge in [-0.1, -0.05) is 38.5 Å². The standard InChI is InChI=1S/C20H24N6O/c1-14-7-9-15(10-8-14)17(27)25-18(20(2,3)4)26-19(23-13-21)24-16-6-5-11-22-12-16/h5-12,18H,1-4H3,(H,25,27)(H2,23,24,26)/t18-/m1/s1. The zero-order chi connectivity index (χ0) is 19.9. The number of guanidine groups is 1. The van der Waals surface area contributed by atoms with Gasteiger partial charge >= 0.3 is 0 Å². The van der Waals surface area contributed by atoms with Crippen LogP contribution in [0.4, 0.5) is 5.69 Å². The molecule has 7 nitrogen and oxygen atoms in total. The van der Waals surface area contributed by atoms with Crippen LogP contribution in [0, 0.1) is 23.8 Å². The number of carbonyl (C=O) groups excluding carboxylic acids is 1. The molecule has 2 aromatic rings. The zero-order valence-electron chi connectivity index (χ0n) is 15.9. The van der Waals surface area contributed by atoms with Gasteiger partial charge in [0.05, 0.1) is 11.9 Å². The van der Waals surface area contributed by atoms with E-state index in [4.69, 9.17) is 5.26 Å². The molecule has 0 aliphatic heterocycles. The Bertz CT molecular complexity index is 832. The van der Waals surface area contributed by atoms with E-state index in [0.29, 0.717) is 11.3 Å². The molecule has 0 spiro atoms. The highest BCUT2D eigenvalue weighted by molar-refractivity contribution is 5.96. The summed E-state index contributed by atoms with van der Waals surface area (Å²) in [6, 6.07) is 10.9. The maximum Gasteiger partial charge on any atom is 0.252 e. The van der Waals surface area contributed by atoms with Crippen LogP contribution in [0.5, 0.6) is 0 Å². The maximum absolute atomic E-state index is 12.6. The second-order valence-corrected chi connectivity index (χ2v) is 7.19. The van der Waals surface area contributed by atoms with Gasteiger partial charge in [-0.3, -0.25) is 15.1 Å². The number of aromatic nitrogens is 1. The number of amides is 1. The van der Waals surface area contributed by atoms with Gasteiger partial charge in [0.1, 0.15) is 6.17 Å². The van der Waals surface area contributed by atoms with Crippen molar-refractivity contribution in [2.75, 3.05) is 5.32 Å². The SMILES string of the molecule is Cc1ccc(C(=O)N[C@H](/N=C(\NC#N)Nc2cccnc2)C(C)(C)C)cc1. The smallest absolute Gasteiger partial charge is 0.252 e. The summed E-state index contributed by atoms with van der Waals surface area (Å²) >= 11 is 0. The van der Waals surface area contributed by atoms with E-state index in [-0.39, 0.29) is 17.3 Å². The van der Waals surface area contributed by atoms with Gasteiger partial charge in [-0.15, -0.1) is 0 Å². The van der Waals surface area contributed by atoms with Crippen LogP contribution in [-0.2, 0) is 0 Å². The molecule has 1 heterocycles. The Labute approximate surface area is 159 Å². The lowest BCUT2D eigenvalue weighted by molar-refractivity contribution is 0.0906. The molecular formula is C20H24N6O. The molecule has 1 amide bonds. The molecule has 0 saturated carbocycles.